The molecule has 0 spiro atoms. The summed E-state index contributed by atoms with van der Waals surface area (Å²) in [5.41, 5.74) is 6.37. The highest BCUT2D eigenvalue weighted by Gasteiger charge is 2.19. The van der Waals surface area contributed by atoms with Crippen LogP contribution in [-0.4, -0.2) is 31.3 Å². The first-order chi connectivity index (χ1) is 8.62. The average Bonchev–Trinajstić information content (AvgIpc) is 2.36. The minimum absolute atomic E-state index is 0.0506. The highest BCUT2D eigenvalue weighted by atomic mass is 16.5. The molecule has 0 aromatic heterocycles. The van der Waals surface area contributed by atoms with Crippen molar-refractivity contribution in [1.82, 2.24) is 0 Å². The topological polar surface area (TPSA) is 81.8 Å². The lowest BCUT2D eigenvalue weighted by molar-refractivity contribution is -0.147. The second-order valence-corrected chi connectivity index (χ2v) is 3.89. The van der Waals surface area contributed by atoms with Crippen molar-refractivity contribution in [3.63, 3.8) is 0 Å². The van der Waals surface area contributed by atoms with Crippen LogP contribution in [-0.2, 0) is 16.0 Å². The number of hydrogen-bond acceptors (Lipinski definition) is 5. The summed E-state index contributed by atoms with van der Waals surface area (Å²) >= 11 is 0. The van der Waals surface area contributed by atoms with Crippen LogP contribution in [0.4, 0.5) is 0 Å². The fourth-order valence-electron chi connectivity index (χ4n) is 1.67. The molecule has 0 saturated heterocycles. The SMILES string of the molecule is CCOC(=O)C(CN)Cc1ccc(OC)c(O)c1. The third kappa shape index (κ3) is 3.63. The van der Waals surface area contributed by atoms with Crippen molar-refractivity contribution >= 4 is 5.97 Å². The number of esters is 1. The average molecular weight is 253 g/mol. The molecule has 0 aliphatic carbocycles. The zero-order valence-electron chi connectivity index (χ0n) is 10.7. The zero-order valence-corrected chi connectivity index (χ0v) is 10.7. The van der Waals surface area contributed by atoms with E-state index in [0.29, 0.717) is 18.8 Å². The molecule has 0 radical (unpaired) electrons. The number of aromatic hydroxyl groups is 1. The number of phenols is 1. The van der Waals surface area contributed by atoms with E-state index in [-0.39, 0.29) is 18.3 Å². The maximum atomic E-state index is 11.6. The van der Waals surface area contributed by atoms with Gasteiger partial charge >= 0.3 is 5.97 Å². The summed E-state index contributed by atoms with van der Waals surface area (Å²) in [6.45, 7) is 2.31. The molecule has 3 N–H and O–H groups in total. The number of methoxy groups -OCH3 is 1. The third-order valence-corrected chi connectivity index (χ3v) is 2.63. The normalized spacial score (nSPS) is 11.9. The van der Waals surface area contributed by atoms with Gasteiger partial charge in [0.25, 0.3) is 0 Å². The summed E-state index contributed by atoms with van der Waals surface area (Å²) in [5, 5.41) is 9.65. The standard InChI is InChI=1S/C13H19NO4/c1-3-18-13(16)10(8-14)6-9-4-5-12(17-2)11(15)7-9/h4-5,7,10,15H,3,6,8,14H2,1-2H3. The molecular weight excluding hydrogens is 234 g/mol. The molecule has 0 aliphatic rings. The predicted molar refractivity (Wildman–Crippen MR) is 67.5 cm³/mol. The maximum absolute atomic E-state index is 11.6. The van der Waals surface area contributed by atoms with Gasteiger partial charge in [-0.1, -0.05) is 6.07 Å². The monoisotopic (exact) mass is 253 g/mol. The number of phenolic OH excluding ortho intramolecular Hbond substituents is 1. The Kier molecular flexibility index (Phi) is 5.45. The van der Waals surface area contributed by atoms with Gasteiger partial charge in [0.05, 0.1) is 19.6 Å². The summed E-state index contributed by atoms with van der Waals surface area (Å²) < 4.78 is 9.89. The van der Waals surface area contributed by atoms with Crippen LogP contribution < -0.4 is 10.5 Å². The molecule has 18 heavy (non-hydrogen) atoms. The molecule has 0 fully saturated rings. The van der Waals surface area contributed by atoms with E-state index < -0.39 is 5.92 Å². The summed E-state index contributed by atoms with van der Waals surface area (Å²) in [7, 11) is 1.48. The van der Waals surface area contributed by atoms with E-state index in [4.69, 9.17) is 15.2 Å². The van der Waals surface area contributed by atoms with E-state index in [2.05, 4.69) is 0 Å². The number of nitrogens with two attached hydrogens (primary N) is 1. The van der Waals surface area contributed by atoms with E-state index in [0.717, 1.165) is 5.56 Å². The van der Waals surface area contributed by atoms with E-state index in [9.17, 15) is 9.90 Å². The molecule has 0 heterocycles. The Morgan fingerprint density at radius 1 is 1.50 bits per heavy atom. The molecule has 5 heteroatoms. The van der Waals surface area contributed by atoms with Crippen LogP contribution in [0.2, 0.25) is 0 Å². The fraction of sp³-hybridized carbons (Fsp3) is 0.462. The number of ether oxygens (including phenoxy) is 2. The van der Waals surface area contributed by atoms with E-state index >= 15 is 0 Å². The van der Waals surface area contributed by atoms with Gasteiger partial charge in [-0.05, 0) is 31.0 Å². The molecule has 1 aromatic carbocycles. The Hall–Kier alpha value is -1.75. The van der Waals surface area contributed by atoms with Crippen molar-refractivity contribution < 1.29 is 19.4 Å². The summed E-state index contributed by atoms with van der Waals surface area (Å²) in [6, 6.07) is 5.02. The zero-order chi connectivity index (χ0) is 13.5. The lowest BCUT2D eigenvalue weighted by Crippen LogP contribution is -2.27. The molecule has 0 saturated carbocycles. The van der Waals surface area contributed by atoms with E-state index in [1.165, 1.54) is 7.11 Å². The quantitative estimate of drug-likeness (QED) is 0.741. The van der Waals surface area contributed by atoms with E-state index in [1.807, 2.05) is 0 Å². The third-order valence-electron chi connectivity index (χ3n) is 2.63. The van der Waals surface area contributed by atoms with Gasteiger partial charge in [0.2, 0.25) is 0 Å². The van der Waals surface area contributed by atoms with Crippen molar-refractivity contribution in [2.45, 2.75) is 13.3 Å². The van der Waals surface area contributed by atoms with Crippen LogP contribution in [0.1, 0.15) is 12.5 Å². The van der Waals surface area contributed by atoms with Gasteiger partial charge in [0.15, 0.2) is 11.5 Å². The predicted octanol–water partition coefficient (Wildman–Crippen LogP) is 1.08. The van der Waals surface area contributed by atoms with Crippen LogP contribution in [0.5, 0.6) is 11.5 Å². The molecular formula is C13H19NO4. The number of carbonyl (C=O) groups excluding carboxylic acids is 1. The van der Waals surface area contributed by atoms with Crippen LogP contribution in [0.25, 0.3) is 0 Å². The number of carbonyl (C=O) groups is 1. The first-order valence-electron chi connectivity index (χ1n) is 5.85. The van der Waals surface area contributed by atoms with Crippen LogP contribution in [0.15, 0.2) is 18.2 Å². The van der Waals surface area contributed by atoms with Crippen LogP contribution >= 0.6 is 0 Å². The molecule has 1 aromatic rings. The van der Waals surface area contributed by atoms with Gasteiger partial charge in [0, 0.05) is 6.54 Å². The molecule has 1 rings (SSSR count). The molecule has 100 valence electrons. The highest BCUT2D eigenvalue weighted by Crippen LogP contribution is 2.27. The lowest BCUT2D eigenvalue weighted by atomic mass is 9.99. The van der Waals surface area contributed by atoms with Crippen LogP contribution in [0.3, 0.4) is 0 Å². The minimum Gasteiger partial charge on any atom is -0.504 e. The highest BCUT2D eigenvalue weighted by molar-refractivity contribution is 5.73. The fourth-order valence-corrected chi connectivity index (χ4v) is 1.67. The van der Waals surface area contributed by atoms with Gasteiger partial charge in [-0.25, -0.2) is 0 Å². The van der Waals surface area contributed by atoms with E-state index in [1.54, 1.807) is 25.1 Å². The van der Waals surface area contributed by atoms with Gasteiger partial charge in [-0.2, -0.15) is 0 Å². The largest absolute Gasteiger partial charge is 0.504 e. The summed E-state index contributed by atoms with van der Waals surface area (Å²) in [6.07, 6.45) is 0.437. The molecule has 1 atom stereocenters. The summed E-state index contributed by atoms with van der Waals surface area (Å²) in [5.74, 6) is -0.248. The lowest BCUT2D eigenvalue weighted by Gasteiger charge is -2.14. The summed E-state index contributed by atoms with van der Waals surface area (Å²) in [4.78, 5) is 11.6. The second-order valence-electron chi connectivity index (χ2n) is 3.89. The minimum atomic E-state index is -0.391. The molecule has 5 nitrogen and oxygen atoms in total. The van der Waals surface area contributed by atoms with Gasteiger partial charge in [-0.15, -0.1) is 0 Å². The molecule has 0 amide bonds. The second kappa shape index (κ2) is 6.86. The Balaban J connectivity index is 2.76. The van der Waals surface area contributed by atoms with Gasteiger partial charge in [0.1, 0.15) is 0 Å². The maximum Gasteiger partial charge on any atom is 0.310 e. The van der Waals surface area contributed by atoms with Gasteiger partial charge < -0.3 is 20.3 Å². The Bertz CT molecular complexity index is 406. The molecule has 0 bridgehead atoms. The van der Waals surface area contributed by atoms with Crippen molar-refractivity contribution in [1.29, 1.82) is 0 Å². The first kappa shape index (κ1) is 14.3. The molecule has 0 aliphatic heterocycles. The van der Waals surface area contributed by atoms with Crippen molar-refractivity contribution in [2.75, 3.05) is 20.3 Å². The number of hydrogen-bond donors (Lipinski definition) is 2. The van der Waals surface area contributed by atoms with Crippen molar-refractivity contribution in [2.24, 2.45) is 11.7 Å². The Labute approximate surface area is 107 Å². The number of benzene rings is 1. The Morgan fingerprint density at radius 2 is 2.22 bits per heavy atom. The first-order valence-corrected chi connectivity index (χ1v) is 5.85. The number of rotatable bonds is 6. The van der Waals surface area contributed by atoms with Crippen LogP contribution in [0, 0.1) is 5.92 Å². The van der Waals surface area contributed by atoms with Crippen molar-refractivity contribution in [3.8, 4) is 11.5 Å². The Morgan fingerprint density at radius 3 is 2.72 bits per heavy atom. The van der Waals surface area contributed by atoms with Crippen molar-refractivity contribution in [3.05, 3.63) is 23.8 Å². The molecule has 1 unspecified atom stereocenters. The smallest absolute Gasteiger partial charge is 0.310 e. The van der Waals surface area contributed by atoms with Gasteiger partial charge in [-0.3, -0.25) is 4.79 Å².